The normalized spacial score (nSPS) is 25.7. The number of hydrogen-bond acceptors (Lipinski definition) is 3. The molecule has 1 rings (SSSR count). The van der Waals surface area contributed by atoms with E-state index >= 15 is 0 Å². The smallest absolute Gasteiger partial charge is 0.328 e. The van der Waals surface area contributed by atoms with Crippen molar-refractivity contribution >= 4 is 6.21 Å². The summed E-state index contributed by atoms with van der Waals surface area (Å²) in [6.07, 6.45) is -4.96. The third-order valence-corrected chi connectivity index (χ3v) is 0.775. The molecule has 1 atom stereocenters. The molecule has 1 unspecified atom stereocenters. The second-order valence-corrected chi connectivity index (χ2v) is 1.54. The van der Waals surface area contributed by atoms with E-state index in [0.29, 0.717) is 0 Å². The van der Waals surface area contributed by atoms with Crippen molar-refractivity contribution in [2.24, 2.45) is 4.99 Å². The average Bonchev–Trinajstić information content (AvgIpc) is 2.12. The topological polar surface area (TPSA) is 30.8 Å². The maximum Gasteiger partial charge on any atom is 0.526 e. The minimum absolute atomic E-state index is 0.0702. The molecule has 0 spiro atoms. The number of aliphatic imine (C=N–C) groups is 1. The van der Waals surface area contributed by atoms with Crippen LogP contribution in [0.5, 0.6) is 0 Å². The van der Waals surface area contributed by atoms with E-state index in [1.165, 1.54) is 6.21 Å². The van der Waals surface area contributed by atoms with Gasteiger partial charge < -0.3 is 4.74 Å². The Bertz CT molecular complexity index is 144. The van der Waals surface area contributed by atoms with E-state index in [1.807, 2.05) is 0 Å². The maximum atomic E-state index is 11.3. The van der Waals surface area contributed by atoms with Crippen molar-refractivity contribution in [2.75, 3.05) is 6.61 Å². The lowest BCUT2D eigenvalue weighted by Crippen LogP contribution is -2.22. The summed E-state index contributed by atoms with van der Waals surface area (Å²) in [5.41, 5.74) is 0. The number of halogens is 3. The summed E-state index contributed by atoms with van der Waals surface area (Å²) in [5, 5.41) is 0. The molecule has 0 fully saturated rings. The zero-order valence-corrected chi connectivity index (χ0v) is 4.76. The van der Waals surface area contributed by atoms with Gasteiger partial charge in [-0.2, -0.15) is 0 Å². The molecule has 3 nitrogen and oxygen atoms in total. The van der Waals surface area contributed by atoms with Crippen molar-refractivity contribution in [2.45, 2.75) is 12.8 Å². The Morgan fingerprint density at radius 3 is 2.70 bits per heavy atom. The molecular weight excluding hydrogens is 151 g/mol. The predicted molar refractivity (Wildman–Crippen MR) is 25.4 cm³/mol. The van der Waals surface area contributed by atoms with Crippen molar-refractivity contribution in [3.8, 4) is 0 Å². The van der Waals surface area contributed by atoms with Gasteiger partial charge in [-0.05, 0) is 0 Å². The van der Waals surface area contributed by atoms with Crippen LogP contribution >= 0.6 is 0 Å². The van der Waals surface area contributed by atoms with Crippen LogP contribution in [0.1, 0.15) is 0 Å². The first-order valence-electron chi connectivity index (χ1n) is 2.46. The molecule has 0 saturated heterocycles. The van der Waals surface area contributed by atoms with Crippen LogP contribution in [0.4, 0.5) is 13.2 Å². The molecule has 10 heavy (non-hydrogen) atoms. The van der Waals surface area contributed by atoms with Crippen molar-refractivity contribution in [1.82, 2.24) is 0 Å². The van der Waals surface area contributed by atoms with Crippen molar-refractivity contribution in [3.05, 3.63) is 0 Å². The van der Waals surface area contributed by atoms with Crippen LogP contribution in [0.3, 0.4) is 0 Å². The fraction of sp³-hybridized carbons (Fsp3) is 0.750. The van der Waals surface area contributed by atoms with Crippen molar-refractivity contribution < 1.29 is 22.6 Å². The van der Waals surface area contributed by atoms with Crippen molar-refractivity contribution in [1.29, 1.82) is 0 Å². The van der Waals surface area contributed by atoms with Gasteiger partial charge in [0.2, 0.25) is 0 Å². The monoisotopic (exact) mass is 155 g/mol. The number of ether oxygens (including phenoxy) is 2. The van der Waals surface area contributed by atoms with Crippen LogP contribution in [0.15, 0.2) is 4.99 Å². The Morgan fingerprint density at radius 1 is 1.60 bits per heavy atom. The first-order valence-corrected chi connectivity index (χ1v) is 2.46. The first-order chi connectivity index (χ1) is 4.58. The summed E-state index contributed by atoms with van der Waals surface area (Å²) in [6, 6.07) is 0. The molecule has 1 aliphatic heterocycles. The molecule has 0 bridgehead atoms. The molecule has 0 amide bonds. The highest BCUT2D eigenvalue weighted by Crippen LogP contribution is 2.20. The van der Waals surface area contributed by atoms with Gasteiger partial charge in [-0.3, -0.25) is 0 Å². The molecule has 0 aromatic heterocycles. The fourth-order valence-electron chi connectivity index (χ4n) is 0.476. The fourth-order valence-corrected chi connectivity index (χ4v) is 0.476. The molecule has 0 saturated carbocycles. The van der Waals surface area contributed by atoms with E-state index in [9.17, 15) is 13.2 Å². The molecule has 0 aromatic carbocycles. The highest BCUT2D eigenvalue weighted by molar-refractivity contribution is 5.59. The standard InChI is InChI=1S/C4H4F3NO2/c5-4(6,7)10-3-8-1-2-9-3/h1,3H,2H2. The van der Waals surface area contributed by atoms with Crippen LogP contribution in [0.2, 0.25) is 0 Å². The molecule has 0 aliphatic carbocycles. The van der Waals surface area contributed by atoms with E-state index < -0.39 is 12.8 Å². The average molecular weight is 155 g/mol. The molecule has 0 N–H and O–H groups in total. The number of hydrogen-bond donors (Lipinski definition) is 0. The van der Waals surface area contributed by atoms with Gasteiger partial charge in [0.1, 0.15) is 0 Å². The minimum atomic E-state index is -4.67. The Labute approximate surface area is 54.4 Å². The van der Waals surface area contributed by atoms with Crippen LogP contribution < -0.4 is 0 Å². The van der Waals surface area contributed by atoms with Gasteiger partial charge in [-0.1, -0.05) is 0 Å². The lowest BCUT2D eigenvalue weighted by Gasteiger charge is -2.10. The first kappa shape index (κ1) is 7.49. The second kappa shape index (κ2) is 2.55. The number of nitrogens with zero attached hydrogens (tertiary/aromatic N) is 1. The van der Waals surface area contributed by atoms with E-state index in [2.05, 4.69) is 14.5 Å². The highest BCUT2D eigenvalue weighted by atomic mass is 19.4. The van der Waals surface area contributed by atoms with E-state index in [1.54, 1.807) is 0 Å². The Kier molecular flexibility index (Phi) is 1.91. The Hall–Kier alpha value is -0.620. The minimum Gasteiger partial charge on any atom is -0.328 e. The zero-order valence-electron chi connectivity index (χ0n) is 4.76. The summed E-state index contributed by atoms with van der Waals surface area (Å²) < 4.78 is 41.7. The molecule has 1 aliphatic rings. The van der Waals surface area contributed by atoms with Gasteiger partial charge in [0.25, 0.3) is 6.41 Å². The van der Waals surface area contributed by atoms with Gasteiger partial charge in [0.05, 0.1) is 6.61 Å². The van der Waals surface area contributed by atoms with Gasteiger partial charge in [0, 0.05) is 6.21 Å². The highest BCUT2D eigenvalue weighted by Gasteiger charge is 2.34. The largest absolute Gasteiger partial charge is 0.526 e. The quantitative estimate of drug-likeness (QED) is 0.563. The van der Waals surface area contributed by atoms with Gasteiger partial charge >= 0.3 is 6.36 Å². The van der Waals surface area contributed by atoms with Crippen LogP contribution in [-0.2, 0) is 9.47 Å². The van der Waals surface area contributed by atoms with E-state index in [4.69, 9.17) is 0 Å². The second-order valence-electron chi connectivity index (χ2n) is 1.54. The number of rotatable bonds is 1. The summed E-state index contributed by atoms with van der Waals surface area (Å²) in [4.78, 5) is 3.23. The third-order valence-electron chi connectivity index (χ3n) is 0.775. The van der Waals surface area contributed by atoms with E-state index in [0.717, 1.165) is 0 Å². The zero-order chi connectivity index (χ0) is 7.61. The predicted octanol–water partition coefficient (Wildman–Crippen LogP) is 0.907. The van der Waals surface area contributed by atoms with Crippen LogP contribution in [0, 0.1) is 0 Å². The van der Waals surface area contributed by atoms with Gasteiger partial charge in [0.15, 0.2) is 0 Å². The van der Waals surface area contributed by atoms with Crippen LogP contribution in [-0.4, -0.2) is 25.6 Å². The van der Waals surface area contributed by atoms with Gasteiger partial charge in [-0.25, -0.2) is 9.73 Å². The summed E-state index contributed by atoms with van der Waals surface area (Å²) in [7, 11) is 0. The summed E-state index contributed by atoms with van der Waals surface area (Å²) >= 11 is 0. The van der Waals surface area contributed by atoms with Crippen LogP contribution in [0.25, 0.3) is 0 Å². The Balaban J connectivity index is 2.31. The molecule has 6 heteroatoms. The maximum absolute atomic E-state index is 11.3. The molecule has 1 heterocycles. The third kappa shape index (κ3) is 2.32. The number of alkyl halides is 3. The van der Waals surface area contributed by atoms with E-state index in [-0.39, 0.29) is 6.61 Å². The SMILES string of the molecule is FC(F)(F)OC1N=CCO1. The lowest BCUT2D eigenvalue weighted by atomic mass is 10.8. The molecule has 0 aromatic rings. The van der Waals surface area contributed by atoms with Crippen molar-refractivity contribution in [3.63, 3.8) is 0 Å². The summed E-state index contributed by atoms with van der Waals surface area (Å²) in [6.45, 7) is 0.0702. The summed E-state index contributed by atoms with van der Waals surface area (Å²) in [5.74, 6) is 0. The van der Waals surface area contributed by atoms with Gasteiger partial charge in [-0.15, -0.1) is 13.2 Å². The lowest BCUT2D eigenvalue weighted by molar-refractivity contribution is -0.372. The molecular formula is C4H4F3NO2. The molecule has 58 valence electrons. The Morgan fingerprint density at radius 2 is 2.30 bits per heavy atom. The molecule has 0 radical (unpaired) electrons.